The molecule has 1 aliphatic heterocycles. The third-order valence-electron chi connectivity index (χ3n) is 4.95. The van der Waals surface area contributed by atoms with Gasteiger partial charge in [0.25, 0.3) is 5.91 Å². The van der Waals surface area contributed by atoms with E-state index >= 15 is 0 Å². The van der Waals surface area contributed by atoms with Crippen LogP contribution in [-0.2, 0) is 16.0 Å². The van der Waals surface area contributed by atoms with Crippen molar-refractivity contribution in [2.45, 2.75) is 12.5 Å². The molecule has 0 aliphatic carbocycles. The topological polar surface area (TPSA) is 87.3 Å². The van der Waals surface area contributed by atoms with Gasteiger partial charge in [-0.05, 0) is 23.8 Å². The molecule has 1 aromatic carbocycles. The minimum absolute atomic E-state index is 0.0918. The maximum Gasteiger partial charge on any atom is 0.253 e. The number of nitrogens with one attached hydrogen (secondary N) is 2. The number of aromatic amines is 1. The molecule has 4 rings (SSSR count). The van der Waals surface area contributed by atoms with Crippen LogP contribution in [0.1, 0.15) is 15.9 Å². The fourth-order valence-electron chi connectivity index (χ4n) is 3.46. The number of hydrogen-bond donors (Lipinski definition) is 2. The Hall–Kier alpha value is -3.19. The molecule has 3 aromatic rings. The Morgan fingerprint density at radius 3 is 2.79 bits per heavy atom. The fraction of sp³-hybridized carbons (Fsp3) is 0.286. The average Bonchev–Trinajstić information content (AvgIpc) is 3.17. The van der Waals surface area contributed by atoms with E-state index in [4.69, 9.17) is 4.74 Å². The van der Waals surface area contributed by atoms with Crippen molar-refractivity contribution in [3.8, 4) is 0 Å². The molecular weight excluding hydrogens is 356 g/mol. The van der Waals surface area contributed by atoms with Crippen LogP contribution < -0.4 is 5.32 Å². The summed E-state index contributed by atoms with van der Waals surface area (Å²) >= 11 is 0. The van der Waals surface area contributed by atoms with Crippen molar-refractivity contribution in [3.63, 3.8) is 0 Å². The van der Waals surface area contributed by atoms with Crippen LogP contribution in [0.5, 0.6) is 0 Å². The maximum absolute atomic E-state index is 13.2. The van der Waals surface area contributed by atoms with E-state index in [1.54, 1.807) is 23.2 Å². The number of rotatable bonds is 5. The second-order valence-corrected chi connectivity index (χ2v) is 6.77. The number of amides is 2. The van der Waals surface area contributed by atoms with Gasteiger partial charge in [0.1, 0.15) is 6.04 Å². The predicted molar refractivity (Wildman–Crippen MR) is 105 cm³/mol. The van der Waals surface area contributed by atoms with E-state index in [0.717, 1.165) is 16.5 Å². The molecule has 0 saturated carbocycles. The first-order valence-electron chi connectivity index (χ1n) is 9.35. The Bertz CT molecular complexity index is 964. The summed E-state index contributed by atoms with van der Waals surface area (Å²) in [5, 5.41) is 3.96. The molecule has 1 fully saturated rings. The number of fused-ring (bicyclic) bond motifs is 1. The Morgan fingerprint density at radius 2 is 2.00 bits per heavy atom. The van der Waals surface area contributed by atoms with Gasteiger partial charge >= 0.3 is 0 Å². The number of carbonyl (C=O) groups is 2. The summed E-state index contributed by atoms with van der Waals surface area (Å²) in [7, 11) is 0. The molecule has 3 heterocycles. The molecule has 0 unspecified atom stereocenters. The zero-order chi connectivity index (χ0) is 19.3. The van der Waals surface area contributed by atoms with E-state index in [0.29, 0.717) is 38.3 Å². The molecule has 0 radical (unpaired) electrons. The predicted octanol–water partition coefficient (Wildman–Crippen LogP) is 1.76. The Balaban J connectivity index is 1.58. The van der Waals surface area contributed by atoms with Crippen molar-refractivity contribution in [1.82, 2.24) is 20.2 Å². The highest BCUT2D eigenvalue weighted by atomic mass is 16.5. The first-order valence-corrected chi connectivity index (χ1v) is 9.35. The molecular formula is C21H22N4O3. The quantitative estimate of drug-likeness (QED) is 0.708. The minimum Gasteiger partial charge on any atom is -0.378 e. The minimum atomic E-state index is -0.662. The molecule has 2 aromatic heterocycles. The van der Waals surface area contributed by atoms with Gasteiger partial charge in [-0.15, -0.1) is 0 Å². The molecule has 2 N–H and O–H groups in total. The molecule has 1 saturated heterocycles. The molecule has 7 nitrogen and oxygen atoms in total. The lowest BCUT2D eigenvalue weighted by Crippen LogP contribution is -2.52. The summed E-state index contributed by atoms with van der Waals surface area (Å²) in [6.45, 7) is 2.10. The van der Waals surface area contributed by atoms with Gasteiger partial charge in [-0.25, -0.2) is 0 Å². The summed E-state index contributed by atoms with van der Waals surface area (Å²) in [6.07, 6.45) is 5.42. The fourth-order valence-corrected chi connectivity index (χ4v) is 3.46. The van der Waals surface area contributed by atoms with E-state index in [2.05, 4.69) is 15.3 Å². The number of nitrogens with zero attached hydrogens (tertiary/aromatic N) is 2. The number of aromatic nitrogens is 2. The third kappa shape index (κ3) is 3.89. The lowest BCUT2D eigenvalue weighted by molar-refractivity contribution is -0.137. The Kier molecular flexibility index (Phi) is 5.34. The maximum atomic E-state index is 13.2. The SMILES string of the molecule is O=C(N[C@@H](Cc1c[nH]c2ccccc12)C(=O)N1CCOCC1)c1cccnc1. The van der Waals surface area contributed by atoms with Crippen LogP contribution >= 0.6 is 0 Å². The summed E-state index contributed by atoms with van der Waals surface area (Å²) in [5.74, 6) is -0.398. The molecule has 144 valence electrons. The number of ether oxygens (including phenoxy) is 1. The van der Waals surface area contributed by atoms with Crippen LogP contribution in [0.25, 0.3) is 10.9 Å². The second kappa shape index (κ2) is 8.22. The zero-order valence-electron chi connectivity index (χ0n) is 15.4. The molecule has 1 aliphatic rings. The molecule has 1 atom stereocenters. The van der Waals surface area contributed by atoms with Gasteiger partial charge in [-0.2, -0.15) is 0 Å². The number of morpholine rings is 1. The standard InChI is InChI=1S/C21H22N4O3/c26-20(15-4-3-7-22-13-15)24-19(21(27)25-8-10-28-11-9-25)12-16-14-23-18-6-2-1-5-17(16)18/h1-7,13-14,19,23H,8-12H2,(H,24,26)/t19-/m0/s1. The van der Waals surface area contributed by atoms with Gasteiger partial charge in [0, 0.05) is 49.0 Å². The summed E-state index contributed by atoms with van der Waals surface area (Å²) in [6, 6.07) is 10.7. The van der Waals surface area contributed by atoms with Crippen LogP contribution in [0.4, 0.5) is 0 Å². The van der Waals surface area contributed by atoms with Crippen molar-refractivity contribution in [2.24, 2.45) is 0 Å². The molecule has 0 spiro atoms. The van der Waals surface area contributed by atoms with Gasteiger partial charge in [0.2, 0.25) is 5.91 Å². The highest BCUT2D eigenvalue weighted by Crippen LogP contribution is 2.20. The zero-order valence-corrected chi connectivity index (χ0v) is 15.4. The van der Waals surface area contributed by atoms with E-state index in [9.17, 15) is 9.59 Å². The summed E-state index contributed by atoms with van der Waals surface area (Å²) < 4.78 is 5.35. The number of carbonyl (C=O) groups excluding carboxylic acids is 2. The lowest BCUT2D eigenvalue weighted by Gasteiger charge is -2.30. The summed E-state index contributed by atoms with van der Waals surface area (Å²) in [4.78, 5) is 34.8. The number of pyridine rings is 1. The Labute approximate surface area is 162 Å². The van der Waals surface area contributed by atoms with Crippen LogP contribution in [0, 0.1) is 0 Å². The van der Waals surface area contributed by atoms with Gasteiger partial charge in [-0.1, -0.05) is 18.2 Å². The number of benzene rings is 1. The van der Waals surface area contributed by atoms with Crippen LogP contribution in [-0.4, -0.2) is 59.0 Å². The van der Waals surface area contributed by atoms with E-state index in [1.165, 1.54) is 6.20 Å². The average molecular weight is 378 g/mol. The van der Waals surface area contributed by atoms with Crippen LogP contribution in [0.15, 0.2) is 55.0 Å². The van der Waals surface area contributed by atoms with Crippen molar-refractivity contribution >= 4 is 22.7 Å². The van der Waals surface area contributed by atoms with Gasteiger partial charge in [0.05, 0.1) is 18.8 Å². The molecule has 28 heavy (non-hydrogen) atoms. The molecule has 2 amide bonds. The monoisotopic (exact) mass is 378 g/mol. The van der Waals surface area contributed by atoms with E-state index in [-0.39, 0.29) is 11.8 Å². The third-order valence-corrected chi connectivity index (χ3v) is 4.95. The number of para-hydroxylation sites is 1. The van der Waals surface area contributed by atoms with Crippen LogP contribution in [0.2, 0.25) is 0 Å². The largest absolute Gasteiger partial charge is 0.378 e. The lowest BCUT2D eigenvalue weighted by atomic mass is 10.0. The van der Waals surface area contributed by atoms with Crippen molar-refractivity contribution in [2.75, 3.05) is 26.3 Å². The highest BCUT2D eigenvalue weighted by molar-refractivity contribution is 5.97. The smallest absolute Gasteiger partial charge is 0.253 e. The van der Waals surface area contributed by atoms with Gasteiger partial charge in [-0.3, -0.25) is 14.6 Å². The second-order valence-electron chi connectivity index (χ2n) is 6.77. The summed E-state index contributed by atoms with van der Waals surface area (Å²) in [5.41, 5.74) is 2.43. The van der Waals surface area contributed by atoms with E-state index < -0.39 is 6.04 Å². The highest BCUT2D eigenvalue weighted by Gasteiger charge is 2.28. The number of H-pyrrole nitrogens is 1. The molecule has 0 bridgehead atoms. The first kappa shape index (κ1) is 18.2. The normalized spacial score (nSPS) is 15.4. The van der Waals surface area contributed by atoms with Crippen LogP contribution in [0.3, 0.4) is 0 Å². The van der Waals surface area contributed by atoms with Gasteiger partial charge in [0.15, 0.2) is 0 Å². The van der Waals surface area contributed by atoms with Crippen molar-refractivity contribution in [3.05, 3.63) is 66.1 Å². The van der Waals surface area contributed by atoms with Gasteiger partial charge < -0.3 is 19.9 Å². The molecule has 7 heteroatoms. The van der Waals surface area contributed by atoms with Crippen molar-refractivity contribution in [1.29, 1.82) is 0 Å². The number of hydrogen-bond acceptors (Lipinski definition) is 4. The van der Waals surface area contributed by atoms with E-state index in [1.807, 2.05) is 30.5 Å². The Morgan fingerprint density at radius 1 is 1.18 bits per heavy atom. The first-order chi connectivity index (χ1) is 13.7. The van der Waals surface area contributed by atoms with Crippen molar-refractivity contribution < 1.29 is 14.3 Å².